The number of likely N-dealkylation sites (tertiary alicyclic amines) is 1. The van der Waals surface area contributed by atoms with Crippen LogP contribution in [0.1, 0.15) is 42.4 Å². The second-order valence-corrected chi connectivity index (χ2v) is 8.17. The average molecular weight is 445 g/mol. The molecule has 2 amide bonds. The Kier molecular flexibility index (Phi) is 5.10. The number of anilines is 1. The number of aromatic nitrogens is 5. The summed E-state index contributed by atoms with van der Waals surface area (Å²) in [5.74, 6) is 2.11. The maximum Gasteiger partial charge on any atom is 0.416 e. The Balaban J connectivity index is 1.26. The monoisotopic (exact) mass is 445 g/mol. The topological polar surface area (TPSA) is 80.9 Å². The summed E-state index contributed by atoms with van der Waals surface area (Å²) in [7, 11) is 0. The summed E-state index contributed by atoms with van der Waals surface area (Å²) in [5, 5.41) is 15.5. The molecule has 0 unspecified atom stereocenters. The standard InChI is InChI=1S/C21H22F3N7O/c22-21(23,24)15-5-1-6-17(10-15)31-13-16(11-25-31)26-20(32)29-8-2-4-14(12-29)19-28-27-18-7-3-9-30(18)19/h1,5-6,10-11,13-14H,2-4,7-9,12H2,(H,26,32)/t14-/m0/s1. The molecule has 1 aromatic carbocycles. The molecule has 1 N–H and O–H groups in total. The molecule has 8 nitrogen and oxygen atoms in total. The number of alkyl halides is 3. The van der Waals surface area contributed by atoms with Crippen LogP contribution in [0.3, 0.4) is 0 Å². The fraction of sp³-hybridized carbons (Fsp3) is 0.429. The van der Waals surface area contributed by atoms with Gasteiger partial charge in [0.1, 0.15) is 11.6 Å². The van der Waals surface area contributed by atoms with Gasteiger partial charge >= 0.3 is 12.2 Å². The third-order valence-electron chi connectivity index (χ3n) is 5.98. The van der Waals surface area contributed by atoms with Crippen molar-refractivity contribution in [2.75, 3.05) is 18.4 Å². The first kappa shape index (κ1) is 20.5. The zero-order valence-corrected chi connectivity index (χ0v) is 17.2. The number of amides is 2. The van der Waals surface area contributed by atoms with Gasteiger partial charge in [-0.3, -0.25) is 0 Å². The molecule has 168 valence electrons. The van der Waals surface area contributed by atoms with Crippen LogP contribution in [0.5, 0.6) is 0 Å². The number of piperidine rings is 1. The SMILES string of the molecule is O=C(Nc1cnn(-c2cccc(C(F)(F)F)c2)c1)N1CCC[C@H](c2nnc3n2CCC3)C1. The number of rotatable bonds is 3. The lowest BCUT2D eigenvalue weighted by Gasteiger charge is -2.32. The van der Waals surface area contributed by atoms with Gasteiger partial charge in [0.15, 0.2) is 0 Å². The quantitative estimate of drug-likeness (QED) is 0.664. The van der Waals surface area contributed by atoms with E-state index >= 15 is 0 Å². The van der Waals surface area contributed by atoms with Crippen molar-refractivity contribution >= 4 is 11.7 Å². The zero-order valence-electron chi connectivity index (χ0n) is 17.2. The number of carbonyl (C=O) groups is 1. The molecule has 0 radical (unpaired) electrons. The molecule has 5 rings (SSSR count). The number of fused-ring (bicyclic) bond motifs is 1. The first-order valence-electron chi connectivity index (χ1n) is 10.6. The number of carbonyl (C=O) groups excluding carboxylic acids is 1. The van der Waals surface area contributed by atoms with Crippen LogP contribution in [-0.4, -0.2) is 48.6 Å². The Morgan fingerprint density at radius 2 is 2.03 bits per heavy atom. The van der Waals surface area contributed by atoms with Gasteiger partial charge in [-0.25, -0.2) is 9.48 Å². The molecule has 3 aromatic rings. The molecule has 1 saturated heterocycles. The molecule has 0 bridgehead atoms. The second-order valence-electron chi connectivity index (χ2n) is 8.17. The van der Waals surface area contributed by atoms with Gasteiger partial charge < -0.3 is 14.8 Å². The number of hydrogen-bond acceptors (Lipinski definition) is 4. The van der Waals surface area contributed by atoms with Crippen LogP contribution < -0.4 is 5.32 Å². The lowest BCUT2D eigenvalue weighted by molar-refractivity contribution is -0.137. The highest BCUT2D eigenvalue weighted by molar-refractivity contribution is 5.89. The summed E-state index contributed by atoms with van der Waals surface area (Å²) in [6, 6.07) is 4.62. The van der Waals surface area contributed by atoms with Gasteiger partial charge in [0, 0.05) is 32.0 Å². The van der Waals surface area contributed by atoms with E-state index in [1.165, 1.54) is 29.2 Å². The number of aryl methyl sites for hydroxylation is 1. The van der Waals surface area contributed by atoms with Crippen molar-refractivity contribution in [1.82, 2.24) is 29.4 Å². The van der Waals surface area contributed by atoms with Gasteiger partial charge in [-0.05, 0) is 37.5 Å². The highest BCUT2D eigenvalue weighted by atomic mass is 19.4. The van der Waals surface area contributed by atoms with E-state index in [9.17, 15) is 18.0 Å². The van der Waals surface area contributed by atoms with E-state index in [0.717, 1.165) is 56.0 Å². The van der Waals surface area contributed by atoms with Gasteiger partial charge in [-0.2, -0.15) is 18.3 Å². The highest BCUT2D eigenvalue weighted by Crippen LogP contribution is 2.31. The van der Waals surface area contributed by atoms with E-state index < -0.39 is 11.7 Å². The number of halogens is 3. The molecule has 11 heteroatoms. The fourth-order valence-electron chi connectivity index (χ4n) is 4.40. The van der Waals surface area contributed by atoms with Gasteiger partial charge in [0.05, 0.1) is 29.3 Å². The molecule has 1 atom stereocenters. The molecule has 1 fully saturated rings. The van der Waals surface area contributed by atoms with Crippen molar-refractivity contribution in [2.45, 2.75) is 44.3 Å². The minimum atomic E-state index is -4.44. The van der Waals surface area contributed by atoms with Crippen LogP contribution in [-0.2, 0) is 19.1 Å². The predicted octanol–water partition coefficient (Wildman–Crippen LogP) is 3.84. The van der Waals surface area contributed by atoms with Gasteiger partial charge in [-0.1, -0.05) is 6.07 Å². The Morgan fingerprint density at radius 3 is 2.88 bits per heavy atom. The minimum absolute atomic E-state index is 0.140. The molecule has 2 aromatic heterocycles. The second kappa shape index (κ2) is 7.95. The number of urea groups is 1. The van der Waals surface area contributed by atoms with Crippen LogP contribution in [0.2, 0.25) is 0 Å². The third-order valence-corrected chi connectivity index (χ3v) is 5.98. The Hall–Kier alpha value is -3.37. The number of hydrogen-bond donors (Lipinski definition) is 1. The van der Waals surface area contributed by atoms with Gasteiger partial charge in [0.25, 0.3) is 0 Å². The lowest BCUT2D eigenvalue weighted by atomic mass is 9.97. The Bertz CT molecular complexity index is 1140. The highest BCUT2D eigenvalue weighted by Gasteiger charge is 2.31. The molecule has 0 saturated carbocycles. The van der Waals surface area contributed by atoms with Crippen molar-refractivity contribution in [3.63, 3.8) is 0 Å². The van der Waals surface area contributed by atoms with E-state index in [1.807, 2.05) is 0 Å². The van der Waals surface area contributed by atoms with E-state index in [2.05, 4.69) is 25.2 Å². The van der Waals surface area contributed by atoms with E-state index in [1.54, 1.807) is 4.90 Å². The molecule has 4 heterocycles. The van der Waals surface area contributed by atoms with E-state index in [4.69, 9.17) is 0 Å². The molecule has 2 aliphatic rings. The molecular weight excluding hydrogens is 423 g/mol. The lowest BCUT2D eigenvalue weighted by Crippen LogP contribution is -2.42. The number of benzene rings is 1. The van der Waals surface area contributed by atoms with E-state index in [0.29, 0.717) is 18.8 Å². The maximum atomic E-state index is 13.0. The van der Waals surface area contributed by atoms with Crippen molar-refractivity contribution in [3.05, 3.63) is 53.9 Å². The van der Waals surface area contributed by atoms with Crippen LogP contribution in [0.15, 0.2) is 36.7 Å². The molecule has 0 aliphatic carbocycles. The predicted molar refractivity (Wildman–Crippen MR) is 109 cm³/mol. The summed E-state index contributed by atoms with van der Waals surface area (Å²) < 4.78 is 42.4. The largest absolute Gasteiger partial charge is 0.416 e. The molecule has 2 aliphatic heterocycles. The Morgan fingerprint density at radius 1 is 1.16 bits per heavy atom. The number of nitrogens with one attached hydrogen (secondary N) is 1. The zero-order chi connectivity index (χ0) is 22.3. The smallest absolute Gasteiger partial charge is 0.324 e. The summed E-state index contributed by atoms with van der Waals surface area (Å²) >= 11 is 0. The fourth-order valence-corrected chi connectivity index (χ4v) is 4.40. The molecular formula is C21H22F3N7O. The van der Waals surface area contributed by atoms with Crippen molar-refractivity contribution in [1.29, 1.82) is 0 Å². The first-order valence-corrected chi connectivity index (χ1v) is 10.6. The Labute approximate surface area is 182 Å². The third kappa shape index (κ3) is 3.94. The van der Waals surface area contributed by atoms with Crippen LogP contribution >= 0.6 is 0 Å². The van der Waals surface area contributed by atoms with Crippen molar-refractivity contribution in [3.8, 4) is 5.69 Å². The van der Waals surface area contributed by atoms with Crippen molar-refractivity contribution in [2.24, 2.45) is 0 Å². The molecule has 32 heavy (non-hydrogen) atoms. The van der Waals surface area contributed by atoms with Gasteiger partial charge in [-0.15, -0.1) is 10.2 Å². The van der Waals surface area contributed by atoms with E-state index in [-0.39, 0.29) is 17.6 Å². The summed E-state index contributed by atoms with van der Waals surface area (Å²) in [4.78, 5) is 14.6. The van der Waals surface area contributed by atoms with Crippen LogP contribution in [0.4, 0.5) is 23.7 Å². The first-order chi connectivity index (χ1) is 15.4. The minimum Gasteiger partial charge on any atom is -0.324 e. The van der Waals surface area contributed by atoms with Crippen molar-refractivity contribution < 1.29 is 18.0 Å². The number of nitrogens with zero attached hydrogens (tertiary/aromatic N) is 6. The summed E-state index contributed by atoms with van der Waals surface area (Å²) in [6.45, 7) is 2.10. The van der Waals surface area contributed by atoms with Crippen LogP contribution in [0, 0.1) is 0 Å². The molecule has 0 spiro atoms. The summed E-state index contributed by atoms with van der Waals surface area (Å²) in [6.07, 6.45) is 2.32. The average Bonchev–Trinajstić information content (AvgIpc) is 3.51. The summed E-state index contributed by atoms with van der Waals surface area (Å²) in [5.41, 5.74) is -0.0765. The normalized spacial score (nSPS) is 18.6. The van der Waals surface area contributed by atoms with Crippen LogP contribution in [0.25, 0.3) is 5.69 Å². The maximum absolute atomic E-state index is 13.0. The van der Waals surface area contributed by atoms with Gasteiger partial charge in [0.2, 0.25) is 0 Å².